The number of benzene rings is 2. The highest BCUT2D eigenvalue weighted by Gasteiger charge is 2.36. The number of carbonyl (C=O) groups is 3. The first-order valence-electron chi connectivity index (χ1n) is 12.5. The average molecular weight is 504 g/mol. The highest BCUT2D eigenvalue weighted by Crippen LogP contribution is 2.33. The number of carbonyl (C=O) groups excluding carboxylic acids is 3. The number of methoxy groups -OCH3 is 2. The fraction of sp³-hybridized carbons (Fsp3) is 0.367. The van der Waals surface area contributed by atoms with Gasteiger partial charge in [-0.3, -0.25) is 14.4 Å². The molecule has 2 aliphatic rings. The van der Waals surface area contributed by atoms with Gasteiger partial charge in [-0.1, -0.05) is 54.6 Å². The van der Waals surface area contributed by atoms with Crippen LogP contribution in [-0.4, -0.2) is 54.8 Å². The molecule has 0 radical (unpaired) electrons. The van der Waals surface area contributed by atoms with Crippen LogP contribution in [0.4, 0.5) is 0 Å². The van der Waals surface area contributed by atoms with Crippen LogP contribution in [0.3, 0.4) is 0 Å². The van der Waals surface area contributed by atoms with Crippen molar-refractivity contribution >= 4 is 17.5 Å². The summed E-state index contributed by atoms with van der Waals surface area (Å²) in [6.07, 6.45) is 2.35. The van der Waals surface area contributed by atoms with Gasteiger partial charge in [0.05, 0.1) is 19.8 Å². The van der Waals surface area contributed by atoms with Gasteiger partial charge < -0.3 is 19.5 Å². The number of allylic oxidation sites excluding steroid dienone is 2. The number of hydrogen-bond acceptors (Lipinski definition) is 6. The highest BCUT2D eigenvalue weighted by molar-refractivity contribution is 6.23. The number of piperidine rings is 1. The second kappa shape index (κ2) is 11.1. The molecule has 4 rings (SSSR count). The predicted molar refractivity (Wildman–Crippen MR) is 138 cm³/mol. The Kier molecular flexibility index (Phi) is 7.93. The summed E-state index contributed by atoms with van der Waals surface area (Å²) in [7, 11) is 2.69. The van der Waals surface area contributed by atoms with Crippen LogP contribution < -0.4 is 0 Å². The lowest BCUT2D eigenvalue weighted by molar-refractivity contribution is -0.135. The number of hydrogen-bond donors (Lipinski definition) is 1. The average Bonchev–Trinajstić information content (AvgIpc) is 2.93. The number of ether oxygens (including phenoxy) is 2. The first-order valence-corrected chi connectivity index (χ1v) is 12.5. The van der Waals surface area contributed by atoms with Gasteiger partial charge in [0.1, 0.15) is 0 Å². The van der Waals surface area contributed by atoms with E-state index >= 15 is 0 Å². The van der Waals surface area contributed by atoms with E-state index in [4.69, 9.17) is 9.47 Å². The molecular weight excluding hydrogens is 470 g/mol. The smallest absolute Gasteiger partial charge is 0.228 e. The van der Waals surface area contributed by atoms with Crippen LogP contribution in [0.1, 0.15) is 42.9 Å². The van der Waals surface area contributed by atoms with Gasteiger partial charge >= 0.3 is 0 Å². The third-order valence-corrected chi connectivity index (χ3v) is 7.38. The predicted octanol–water partition coefficient (Wildman–Crippen LogP) is 3.64. The molecule has 1 saturated heterocycles. The zero-order chi connectivity index (χ0) is 26.6. The van der Waals surface area contributed by atoms with Gasteiger partial charge in [0.2, 0.25) is 29.0 Å². The maximum Gasteiger partial charge on any atom is 0.228 e. The van der Waals surface area contributed by atoms with Crippen molar-refractivity contribution in [3.8, 4) is 0 Å². The highest BCUT2D eigenvalue weighted by atomic mass is 16.5. The van der Waals surface area contributed by atoms with Crippen molar-refractivity contribution in [3.05, 3.63) is 94.0 Å². The quantitative estimate of drug-likeness (QED) is 0.553. The fourth-order valence-corrected chi connectivity index (χ4v) is 5.00. The number of amides is 1. The summed E-state index contributed by atoms with van der Waals surface area (Å²) in [5.74, 6) is -0.731. The zero-order valence-corrected chi connectivity index (χ0v) is 21.6. The molecule has 1 N–H and O–H groups in total. The molecule has 0 atom stereocenters. The first-order chi connectivity index (χ1) is 17.8. The molecule has 1 fully saturated rings. The minimum atomic E-state index is -0.878. The normalized spacial score (nSPS) is 17.8. The Morgan fingerprint density at radius 1 is 0.892 bits per heavy atom. The van der Waals surface area contributed by atoms with Crippen LogP contribution >= 0.6 is 0 Å². The number of Topliss-reactive ketones (excluding diaryl/α,β-unsaturated/α-hetero) is 2. The molecule has 1 aliphatic carbocycles. The SMILES string of the molecule is COC1=C(OC)C(=O)C(Cc2ccc(CCC(=O)N3CCC(O)(c4ccccc4)CC3)cc2)=C(C)C1=O. The van der Waals surface area contributed by atoms with E-state index < -0.39 is 5.60 Å². The largest absolute Gasteiger partial charge is 0.489 e. The van der Waals surface area contributed by atoms with Crippen molar-refractivity contribution in [2.24, 2.45) is 0 Å². The van der Waals surface area contributed by atoms with E-state index in [1.54, 1.807) is 6.92 Å². The lowest BCUT2D eigenvalue weighted by atomic mass is 9.84. The number of aliphatic hydroxyl groups is 1. The summed E-state index contributed by atoms with van der Waals surface area (Å²) in [6.45, 7) is 2.70. The number of rotatable bonds is 8. The Morgan fingerprint density at radius 2 is 1.46 bits per heavy atom. The molecule has 2 aromatic rings. The van der Waals surface area contributed by atoms with Crippen LogP contribution in [0, 0.1) is 0 Å². The number of aryl methyl sites for hydroxylation is 1. The molecule has 37 heavy (non-hydrogen) atoms. The summed E-state index contributed by atoms with van der Waals surface area (Å²) >= 11 is 0. The van der Waals surface area contributed by atoms with Crippen LogP contribution in [-0.2, 0) is 42.3 Å². The summed E-state index contributed by atoms with van der Waals surface area (Å²) in [5.41, 5.74) is 2.69. The molecular formula is C30H33NO6. The Labute approximate surface area is 217 Å². The lowest BCUT2D eigenvalue weighted by Gasteiger charge is -2.38. The fourth-order valence-electron chi connectivity index (χ4n) is 5.00. The van der Waals surface area contributed by atoms with Crippen molar-refractivity contribution in [3.63, 3.8) is 0 Å². The van der Waals surface area contributed by atoms with Crippen molar-refractivity contribution in [1.82, 2.24) is 4.90 Å². The molecule has 2 aromatic carbocycles. The Morgan fingerprint density at radius 3 is 2.05 bits per heavy atom. The minimum Gasteiger partial charge on any atom is -0.489 e. The monoisotopic (exact) mass is 503 g/mol. The third-order valence-electron chi connectivity index (χ3n) is 7.38. The maximum absolute atomic E-state index is 12.9. The number of nitrogens with zero attached hydrogens (tertiary/aromatic N) is 1. The van der Waals surface area contributed by atoms with Gasteiger partial charge in [0.25, 0.3) is 0 Å². The minimum absolute atomic E-state index is 0.0628. The van der Waals surface area contributed by atoms with Crippen molar-refractivity contribution < 1.29 is 29.0 Å². The molecule has 7 nitrogen and oxygen atoms in total. The van der Waals surface area contributed by atoms with Crippen molar-refractivity contribution in [2.75, 3.05) is 27.3 Å². The summed E-state index contributed by atoms with van der Waals surface area (Å²) < 4.78 is 10.2. The lowest BCUT2D eigenvalue weighted by Crippen LogP contribution is -2.45. The maximum atomic E-state index is 12.9. The number of likely N-dealkylation sites (tertiary alicyclic amines) is 1. The van der Waals surface area contributed by atoms with Crippen LogP contribution in [0.25, 0.3) is 0 Å². The summed E-state index contributed by atoms with van der Waals surface area (Å²) in [6, 6.07) is 17.4. The van der Waals surface area contributed by atoms with Gasteiger partial charge in [-0.2, -0.15) is 0 Å². The van der Waals surface area contributed by atoms with Gasteiger partial charge in [-0.25, -0.2) is 0 Å². The van der Waals surface area contributed by atoms with Gasteiger partial charge in [0, 0.05) is 37.1 Å². The van der Waals surface area contributed by atoms with Crippen molar-refractivity contribution in [1.29, 1.82) is 0 Å². The van der Waals surface area contributed by atoms with E-state index in [9.17, 15) is 19.5 Å². The van der Waals surface area contributed by atoms with Crippen molar-refractivity contribution in [2.45, 2.75) is 44.6 Å². The molecule has 0 saturated carbocycles. The molecule has 0 aromatic heterocycles. The molecule has 1 aliphatic heterocycles. The van der Waals surface area contributed by atoms with E-state index in [2.05, 4.69) is 0 Å². The molecule has 1 amide bonds. The molecule has 0 unspecified atom stereocenters. The second-order valence-corrected chi connectivity index (χ2v) is 9.60. The van der Waals surface area contributed by atoms with Gasteiger partial charge in [-0.15, -0.1) is 0 Å². The second-order valence-electron chi connectivity index (χ2n) is 9.60. The third kappa shape index (κ3) is 5.52. The number of ketones is 2. The van der Waals surface area contributed by atoms with Crippen LogP contribution in [0.2, 0.25) is 0 Å². The van der Waals surface area contributed by atoms with E-state index in [0.29, 0.717) is 56.3 Å². The Bertz CT molecular complexity index is 1230. The Balaban J connectivity index is 1.32. The standard InChI is InChI=1S/C30H33NO6/c1-20-24(27(34)29(37-3)28(36-2)26(20)33)19-22-11-9-21(10-12-22)13-14-25(32)31-17-15-30(35,16-18-31)23-7-5-4-6-8-23/h4-12,35H,13-19H2,1-3H3. The zero-order valence-electron chi connectivity index (χ0n) is 21.6. The summed E-state index contributed by atoms with van der Waals surface area (Å²) in [5, 5.41) is 11.0. The van der Waals surface area contributed by atoms with Gasteiger partial charge in [0.15, 0.2) is 0 Å². The van der Waals surface area contributed by atoms with E-state index in [0.717, 1.165) is 16.7 Å². The van der Waals surface area contributed by atoms with E-state index in [-0.39, 0.29) is 29.0 Å². The molecule has 194 valence electrons. The molecule has 7 heteroatoms. The summed E-state index contributed by atoms with van der Waals surface area (Å²) in [4.78, 5) is 40.1. The molecule has 1 heterocycles. The topological polar surface area (TPSA) is 93.1 Å². The molecule has 0 bridgehead atoms. The van der Waals surface area contributed by atoms with Gasteiger partial charge in [-0.05, 0) is 42.9 Å². The van der Waals surface area contributed by atoms with Crippen LogP contribution in [0.15, 0.2) is 77.3 Å². The first kappa shape index (κ1) is 26.4. The molecule has 0 spiro atoms. The van der Waals surface area contributed by atoms with Crippen LogP contribution in [0.5, 0.6) is 0 Å². The van der Waals surface area contributed by atoms with E-state index in [1.165, 1.54) is 14.2 Å². The Hall–Kier alpha value is -3.71. The van der Waals surface area contributed by atoms with E-state index in [1.807, 2.05) is 59.5 Å².